The fraction of sp³-hybridized carbons (Fsp3) is 0.300. The molecule has 0 amide bonds. The quantitative estimate of drug-likeness (QED) is 0.755. The van der Waals surface area contributed by atoms with E-state index in [9.17, 15) is 4.79 Å². The van der Waals surface area contributed by atoms with Gasteiger partial charge in [-0.05, 0) is 17.7 Å². The molecule has 0 radical (unpaired) electrons. The summed E-state index contributed by atoms with van der Waals surface area (Å²) in [5.74, 6) is 0.00122. The number of hydrogen-bond acceptors (Lipinski definition) is 4. The Morgan fingerprint density at radius 3 is 2.87 bits per heavy atom. The lowest BCUT2D eigenvalue weighted by Crippen LogP contribution is -2.21. The molecule has 0 saturated carbocycles. The van der Waals surface area contributed by atoms with Crippen molar-refractivity contribution in [3.05, 3.63) is 23.8 Å². The number of carboxylic acids is 1. The molecule has 0 bridgehead atoms. The summed E-state index contributed by atoms with van der Waals surface area (Å²) in [5, 5.41) is 17.7. The van der Waals surface area contributed by atoms with Crippen LogP contribution in [0.25, 0.3) is 0 Å². The fourth-order valence-corrected chi connectivity index (χ4v) is 1.38. The lowest BCUT2D eigenvalue weighted by atomic mass is 10.1. The van der Waals surface area contributed by atoms with Crippen molar-refractivity contribution in [1.29, 1.82) is 0 Å². The van der Waals surface area contributed by atoms with Crippen LogP contribution in [0.1, 0.15) is 5.56 Å². The number of carbonyl (C=O) groups is 1. The minimum Gasteiger partial charge on any atom is -0.479 e. The molecule has 0 saturated heterocycles. The third kappa shape index (κ3) is 2.02. The Morgan fingerprint density at radius 2 is 2.13 bits per heavy atom. The highest BCUT2D eigenvalue weighted by molar-refractivity contribution is 5.72. The molecule has 1 atom stereocenters. The molecule has 80 valence electrons. The third-order valence-electron chi connectivity index (χ3n) is 2.15. The van der Waals surface area contributed by atoms with Crippen molar-refractivity contribution in [1.82, 2.24) is 0 Å². The molecular weight excluding hydrogens is 200 g/mol. The van der Waals surface area contributed by atoms with Crippen LogP contribution in [0.5, 0.6) is 11.5 Å². The van der Waals surface area contributed by atoms with Gasteiger partial charge in [-0.3, -0.25) is 0 Å². The summed E-state index contributed by atoms with van der Waals surface area (Å²) in [6, 6.07) is 5.08. The molecule has 0 aromatic heterocycles. The molecule has 5 nitrogen and oxygen atoms in total. The van der Waals surface area contributed by atoms with Gasteiger partial charge >= 0.3 is 5.97 Å². The number of hydrogen-bond donors (Lipinski definition) is 2. The summed E-state index contributed by atoms with van der Waals surface area (Å²) in [6.07, 6.45) is -1.32. The lowest BCUT2D eigenvalue weighted by molar-refractivity contribution is -0.146. The van der Waals surface area contributed by atoms with Gasteiger partial charge in [-0.25, -0.2) is 4.79 Å². The number of benzene rings is 1. The van der Waals surface area contributed by atoms with Crippen molar-refractivity contribution in [2.75, 3.05) is 6.79 Å². The molecule has 15 heavy (non-hydrogen) atoms. The molecule has 1 unspecified atom stereocenters. The average molecular weight is 210 g/mol. The Balaban J connectivity index is 2.13. The predicted molar refractivity (Wildman–Crippen MR) is 49.9 cm³/mol. The van der Waals surface area contributed by atoms with Crippen molar-refractivity contribution in [2.45, 2.75) is 12.5 Å². The van der Waals surface area contributed by atoms with Crippen molar-refractivity contribution in [3.63, 3.8) is 0 Å². The molecule has 1 aromatic carbocycles. The van der Waals surface area contributed by atoms with Crippen molar-refractivity contribution < 1.29 is 24.5 Å². The number of aliphatic hydroxyl groups excluding tert-OH is 1. The van der Waals surface area contributed by atoms with E-state index in [1.54, 1.807) is 18.2 Å². The van der Waals surface area contributed by atoms with E-state index in [-0.39, 0.29) is 13.2 Å². The van der Waals surface area contributed by atoms with Gasteiger partial charge in [-0.15, -0.1) is 0 Å². The van der Waals surface area contributed by atoms with Crippen LogP contribution in [0.4, 0.5) is 0 Å². The van der Waals surface area contributed by atoms with E-state index in [2.05, 4.69) is 0 Å². The molecule has 1 heterocycles. The molecule has 0 spiro atoms. The summed E-state index contributed by atoms with van der Waals surface area (Å²) in [7, 11) is 0. The van der Waals surface area contributed by atoms with Gasteiger partial charge in [0.15, 0.2) is 17.6 Å². The molecule has 1 aliphatic heterocycles. The number of ether oxygens (including phenoxy) is 2. The standard InChI is InChI=1S/C10H10O5/c11-7(10(12)13)3-6-1-2-8-9(4-6)15-5-14-8/h1-2,4,7,11H,3,5H2,(H,12,13). The van der Waals surface area contributed by atoms with E-state index in [0.717, 1.165) is 0 Å². The van der Waals surface area contributed by atoms with E-state index in [1.165, 1.54) is 0 Å². The number of aliphatic carboxylic acids is 1. The highest BCUT2D eigenvalue weighted by Gasteiger charge is 2.17. The summed E-state index contributed by atoms with van der Waals surface area (Å²) < 4.78 is 10.2. The highest BCUT2D eigenvalue weighted by atomic mass is 16.7. The van der Waals surface area contributed by atoms with Gasteiger partial charge in [0.2, 0.25) is 6.79 Å². The maximum Gasteiger partial charge on any atom is 0.332 e. The zero-order valence-corrected chi connectivity index (χ0v) is 7.84. The Kier molecular flexibility index (Phi) is 2.47. The van der Waals surface area contributed by atoms with Crippen LogP contribution >= 0.6 is 0 Å². The molecular formula is C10H10O5. The molecule has 1 aliphatic rings. The van der Waals surface area contributed by atoms with E-state index < -0.39 is 12.1 Å². The Morgan fingerprint density at radius 1 is 1.40 bits per heavy atom. The van der Waals surface area contributed by atoms with Gasteiger partial charge < -0.3 is 19.7 Å². The van der Waals surface area contributed by atoms with E-state index in [4.69, 9.17) is 19.7 Å². The molecule has 5 heteroatoms. The topological polar surface area (TPSA) is 76.0 Å². The van der Waals surface area contributed by atoms with E-state index >= 15 is 0 Å². The monoisotopic (exact) mass is 210 g/mol. The van der Waals surface area contributed by atoms with E-state index in [1.807, 2.05) is 0 Å². The van der Waals surface area contributed by atoms with Crippen LogP contribution in [0, 0.1) is 0 Å². The van der Waals surface area contributed by atoms with Crippen LogP contribution in [0.3, 0.4) is 0 Å². The van der Waals surface area contributed by atoms with Crippen LogP contribution in [-0.2, 0) is 11.2 Å². The van der Waals surface area contributed by atoms with Crippen molar-refractivity contribution in [2.24, 2.45) is 0 Å². The summed E-state index contributed by atoms with van der Waals surface area (Å²) in [5.41, 5.74) is 0.703. The zero-order valence-electron chi connectivity index (χ0n) is 7.84. The third-order valence-corrected chi connectivity index (χ3v) is 2.15. The molecule has 2 N–H and O–H groups in total. The second-order valence-corrected chi connectivity index (χ2v) is 3.25. The summed E-state index contributed by atoms with van der Waals surface area (Å²) in [6.45, 7) is 0.181. The van der Waals surface area contributed by atoms with Crippen LogP contribution in [0.2, 0.25) is 0 Å². The second-order valence-electron chi connectivity index (χ2n) is 3.25. The van der Waals surface area contributed by atoms with Crippen molar-refractivity contribution in [3.8, 4) is 11.5 Å². The van der Waals surface area contributed by atoms with Gasteiger partial charge in [-0.1, -0.05) is 6.07 Å². The largest absolute Gasteiger partial charge is 0.479 e. The maximum absolute atomic E-state index is 10.4. The van der Waals surface area contributed by atoms with Crippen LogP contribution in [0.15, 0.2) is 18.2 Å². The van der Waals surface area contributed by atoms with Gasteiger partial charge in [0.05, 0.1) is 0 Å². The summed E-state index contributed by atoms with van der Waals surface area (Å²) >= 11 is 0. The first kappa shape index (κ1) is 9.79. The smallest absolute Gasteiger partial charge is 0.332 e. The van der Waals surface area contributed by atoms with Gasteiger partial charge in [0.1, 0.15) is 0 Å². The second kappa shape index (κ2) is 3.78. The highest BCUT2D eigenvalue weighted by Crippen LogP contribution is 2.32. The Hall–Kier alpha value is -1.75. The molecule has 2 rings (SSSR count). The Bertz CT molecular complexity index is 387. The zero-order chi connectivity index (χ0) is 10.8. The minimum atomic E-state index is -1.38. The Labute approximate surface area is 85.9 Å². The summed E-state index contributed by atoms with van der Waals surface area (Å²) in [4.78, 5) is 10.4. The molecule has 0 aliphatic carbocycles. The SMILES string of the molecule is O=C(O)C(O)Cc1ccc2c(c1)OCO2. The van der Waals surface area contributed by atoms with E-state index in [0.29, 0.717) is 17.1 Å². The molecule has 0 fully saturated rings. The van der Waals surface area contributed by atoms with Gasteiger partial charge in [-0.2, -0.15) is 0 Å². The predicted octanol–water partition coefficient (Wildman–Crippen LogP) is 0.403. The van der Waals surface area contributed by atoms with Crippen LogP contribution < -0.4 is 9.47 Å². The first-order valence-corrected chi connectivity index (χ1v) is 4.46. The minimum absolute atomic E-state index is 0.0615. The van der Waals surface area contributed by atoms with Crippen LogP contribution in [-0.4, -0.2) is 29.1 Å². The maximum atomic E-state index is 10.4. The fourth-order valence-electron chi connectivity index (χ4n) is 1.38. The van der Waals surface area contributed by atoms with Gasteiger partial charge in [0, 0.05) is 6.42 Å². The number of carboxylic acid groups (broad SMARTS) is 1. The normalized spacial score (nSPS) is 15.0. The first-order chi connectivity index (χ1) is 7.16. The number of rotatable bonds is 3. The lowest BCUT2D eigenvalue weighted by Gasteiger charge is -2.05. The van der Waals surface area contributed by atoms with Gasteiger partial charge in [0.25, 0.3) is 0 Å². The first-order valence-electron chi connectivity index (χ1n) is 4.46. The number of aliphatic hydroxyl groups is 1. The van der Waals surface area contributed by atoms with Crippen molar-refractivity contribution >= 4 is 5.97 Å². The average Bonchev–Trinajstić information content (AvgIpc) is 2.64. The molecule has 1 aromatic rings. The number of fused-ring (bicyclic) bond motifs is 1.